The largest absolute Gasteiger partial charge is 0.480 e. The number of thiophene rings is 1. The highest BCUT2D eigenvalue weighted by molar-refractivity contribution is 7.17. The Bertz CT molecular complexity index is 1120. The number of ether oxygens (including phenoxy) is 1. The average Bonchev–Trinajstić information content (AvgIpc) is 3.14. The molecule has 1 heterocycles. The van der Waals surface area contributed by atoms with E-state index in [0.29, 0.717) is 5.56 Å². The first-order valence-electron chi connectivity index (χ1n) is 10.2. The predicted octanol–water partition coefficient (Wildman–Crippen LogP) is 4.35. The first-order valence-corrected chi connectivity index (χ1v) is 11.0. The molecule has 0 bridgehead atoms. The third kappa shape index (κ3) is 6.31. The first kappa shape index (κ1) is 23.3. The van der Waals surface area contributed by atoms with E-state index in [1.165, 1.54) is 0 Å². The number of carboxylic acid groups (broad SMARTS) is 1. The van der Waals surface area contributed by atoms with Crippen molar-refractivity contribution < 1.29 is 24.2 Å². The van der Waals surface area contributed by atoms with E-state index in [1.807, 2.05) is 29.6 Å². The van der Waals surface area contributed by atoms with Crippen molar-refractivity contribution in [1.82, 2.24) is 10.6 Å². The second-order valence-electron chi connectivity index (χ2n) is 8.38. The van der Waals surface area contributed by atoms with Crippen molar-refractivity contribution in [2.45, 2.75) is 45.4 Å². The van der Waals surface area contributed by atoms with Gasteiger partial charge < -0.3 is 20.5 Å². The minimum Gasteiger partial charge on any atom is -0.480 e. The quantitative estimate of drug-likeness (QED) is 0.492. The number of fused-ring (bicyclic) bond motifs is 1. The lowest BCUT2D eigenvalue weighted by Crippen LogP contribution is -2.42. The minimum absolute atomic E-state index is 0.197. The summed E-state index contributed by atoms with van der Waals surface area (Å²) in [4.78, 5) is 36.1. The number of carbonyl (C=O) groups is 3. The van der Waals surface area contributed by atoms with Gasteiger partial charge in [0, 0.05) is 23.2 Å². The van der Waals surface area contributed by atoms with Crippen LogP contribution >= 0.6 is 11.3 Å². The first-order chi connectivity index (χ1) is 15.1. The molecule has 0 saturated carbocycles. The van der Waals surface area contributed by atoms with E-state index in [-0.39, 0.29) is 13.0 Å². The highest BCUT2D eigenvalue weighted by Gasteiger charge is 2.22. The molecule has 1 aromatic heterocycles. The summed E-state index contributed by atoms with van der Waals surface area (Å²) in [5.41, 5.74) is 1.43. The molecule has 3 rings (SSSR count). The summed E-state index contributed by atoms with van der Waals surface area (Å²) in [5, 5.41) is 17.8. The third-order valence-corrected chi connectivity index (χ3v) is 5.65. The summed E-state index contributed by atoms with van der Waals surface area (Å²) in [5.74, 6) is -1.56. The second kappa shape index (κ2) is 9.82. The van der Waals surface area contributed by atoms with Gasteiger partial charge in [0.2, 0.25) is 0 Å². The van der Waals surface area contributed by atoms with Gasteiger partial charge in [-0.05, 0) is 60.9 Å². The third-order valence-electron chi connectivity index (χ3n) is 4.64. The second-order valence-corrected chi connectivity index (χ2v) is 9.29. The standard InChI is InChI=1S/C24H26N2O5S/c1-24(2,3)31-23(30)25-13-15-8-10-16(11-9-15)21(27)26-19(22(28)29)12-17-14-32-20-7-5-4-6-18(17)20/h4-11,14,19H,12-13H2,1-3H3,(H,25,30)(H,26,27)(H,28,29)/t19-/m0/s1. The highest BCUT2D eigenvalue weighted by atomic mass is 32.1. The van der Waals surface area contributed by atoms with Crippen LogP contribution in [0.2, 0.25) is 0 Å². The molecule has 8 heteroatoms. The molecule has 7 nitrogen and oxygen atoms in total. The maximum atomic E-state index is 12.6. The number of aliphatic carboxylic acids is 1. The fourth-order valence-corrected chi connectivity index (χ4v) is 4.09. The molecule has 3 aromatic rings. The number of carbonyl (C=O) groups excluding carboxylic acids is 2. The predicted molar refractivity (Wildman–Crippen MR) is 124 cm³/mol. The van der Waals surface area contributed by atoms with Crippen LogP contribution in [0.25, 0.3) is 10.1 Å². The van der Waals surface area contributed by atoms with Gasteiger partial charge in [0.05, 0.1) is 0 Å². The van der Waals surface area contributed by atoms with Gasteiger partial charge in [0.25, 0.3) is 5.91 Å². The molecule has 32 heavy (non-hydrogen) atoms. The van der Waals surface area contributed by atoms with Crippen molar-refractivity contribution in [3.63, 3.8) is 0 Å². The van der Waals surface area contributed by atoms with Crippen LogP contribution in [0.5, 0.6) is 0 Å². The van der Waals surface area contributed by atoms with E-state index in [0.717, 1.165) is 21.2 Å². The Labute approximate surface area is 190 Å². The smallest absolute Gasteiger partial charge is 0.407 e. The number of rotatable bonds is 7. The zero-order valence-corrected chi connectivity index (χ0v) is 19.0. The summed E-state index contributed by atoms with van der Waals surface area (Å²) < 4.78 is 6.27. The molecule has 0 aliphatic carbocycles. The van der Waals surface area contributed by atoms with Crippen LogP contribution in [0.1, 0.15) is 42.3 Å². The van der Waals surface area contributed by atoms with Gasteiger partial charge in [0.15, 0.2) is 0 Å². The number of carboxylic acids is 1. The molecule has 0 aliphatic heterocycles. The van der Waals surface area contributed by atoms with Crippen molar-refractivity contribution in [1.29, 1.82) is 0 Å². The van der Waals surface area contributed by atoms with E-state index in [1.54, 1.807) is 56.4 Å². The molecule has 0 saturated heterocycles. The maximum Gasteiger partial charge on any atom is 0.407 e. The summed E-state index contributed by atoms with van der Waals surface area (Å²) in [6.45, 7) is 5.60. The Kier molecular flexibility index (Phi) is 7.15. The number of hydrogen-bond donors (Lipinski definition) is 3. The van der Waals surface area contributed by atoms with Gasteiger partial charge >= 0.3 is 12.1 Å². The van der Waals surface area contributed by atoms with Crippen LogP contribution in [0.15, 0.2) is 53.9 Å². The Morgan fingerprint density at radius 3 is 2.41 bits per heavy atom. The van der Waals surface area contributed by atoms with Crippen molar-refractivity contribution in [2.75, 3.05) is 0 Å². The Hall–Kier alpha value is -3.39. The summed E-state index contributed by atoms with van der Waals surface area (Å²) in [6, 6.07) is 13.3. The molecule has 3 N–H and O–H groups in total. The summed E-state index contributed by atoms with van der Waals surface area (Å²) in [7, 11) is 0. The van der Waals surface area contributed by atoms with Gasteiger partial charge in [-0.25, -0.2) is 9.59 Å². The zero-order chi connectivity index (χ0) is 23.3. The molecule has 0 radical (unpaired) electrons. The van der Waals surface area contributed by atoms with Crippen molar-refractivity contribution in [2.24, 2.45) is 0 Å². The maximum absolute atomic E-state index is 12.6. The lowest BCUT2D eigenvalue weighted by Gasteiger charge is -2.19. The number of benzene rings is 2. The molecule has 0 unspecified atom stereocenters. The lowest BCUT2D eigenvalue weighted by atomic mass is 10.0. The van der Waals surface area contributed by atoms with Crippen molar-refractivity contribution in [3.05, 3.63) is 70.6 Å². The fourth-order valence-electron chi connectivity index (χ4n) is 3.11. The van der Waals surface area contributed by atoms with Crippen molar-refractivity contribution >= 4 is 39.4 Å². The van der Waals surface area contributed by atoms with E-state index in [4.69, 9.17) is 4.74 Å². The highest BCUT2D eigenvalue weighted by Crippen LogP contribution is 2.26. The van der Waals surface area contributed by atoms with Crippen molar-refractivity contribution in [3.8, 4) is 0 Å². The number of hydrogen-bond acceptors (Lipinski definition) is 5. The van der Waals surface area contributed by atoms with Gasteiger partial charge in [-0.1, -0.05) is 30.3 Å². The van der Waals surface area contributed by atoms with Crippen LogP contribution in [-0.2, 0) is 22.5 Å². The van der Waals surface area contributed by atoms with Gasteiger partial charge in [-0.15, -0.1) is 11.3 Å². The molecule has 2 amide bonds. The number of nitrogens with one attached hydrogen (secondary N) is 2. The topological polar surface area (TPSA) is 105 Å². The van der Waals surface area contributed by atoms with E-state index in [2.05, 4.69) is 10.6 Å². The van der Waals surface area contributed by atoms with Gasteiger partial charge in [-0.2, -0.15) is 0 Å². The molecule has 0 fully saturated rings. The normalized spacial score (nSPS) is 12.2. The number of alkyl carbamates (subject to hydrolysis) is 1. The Balaban J connectivity index is 1.60. The molecular formula is C24H26N2O5S. The van der Waals surface area contributed by atoms with Crippen LogP contribution < -0.4 is 10.6 Å². The van der Waals surface area contributed by atoms with Crippen LogP contribution in [-0.4, -0.2) is 34.7 Å². The molecule has 2 aromatic carbocycles. The zero-order valence-electron chi connectivity index (χ0n) is 18.2. The van der Waals surface area contributed by atoms with E-state index >= 15 is 0 Å². The summed E-state index contributed by atoms with van der Waals surface area (Å²) >= 11 is 1.55. The van der Waals surface area contributed by atoms with E-state index < -0.39 is 29.6 Å². The summed E-state index contributed by atoms with van der Waals surface area (Å²) in [6.07, 6.45) is -0.326. The van der Waals surface area contributed by atoms with E-state index in [9.17, 15) is 19.5 Å². The fraction of sp³-hybridized carbons (Fsp3) is 0.292. The van der Waals surface area contributed by atoms with Crippen LogP contribution in [0.3, 0.4) is 0 Å². The molecule has 168 valence electrons. The Morgan fingerprint density at radius 1 is 1.06 bits per heavy atom. The SMILES string of the molecule is CC(C)(C)OC(=O)NCc1ccc(C(=O)N[C@@H](Cc2csc3ccccc23)C(=O)O)cc1. The molecule has 1 atom stereocenters. The van der Waals surface area contributed by atoms with Crippen LogP contribution in [0, 0.1) is 0 Å². The van der Waals surface area contributed by atoms with Gasteiger partial charge in [-0.3, -0.25) is 4.79 Å². The molecular weight excluding hydrogens is 428 g/mol. The van der Waals surface area contributed by atoms with Crippen LogP contribution in [0.4, 0.5) is 4.79 Å². The lowest BCUT2D eigenvalue weighted by molar-refractivity contribution is -0.139. The van der Waals surface area contributed by atoms with Gasteiger partial charge in [0.1, 0.15) is 11.6 Å². The monoisotopic (exact) mass is 454 g/mol. The Morgan fingerprint density at radius 2 is 1.75 bits per heavy atom. The molecule has 0 aliphatic rings. The average molecular weight is 455 g/mol. The molecule has 0 spiro atoms. The number of amides is 2. The minimum atomic E-state index is -1.09.